The van der Waals surface area contributed by atoms with Gasteiger partial charge in [-0.2, -0.15) is 0 Å². The third kappa shape index (κ3) is 2.57. The summed E-state index contributed by atoms with van der Waals surface area (Å²) in [7, 11) is 0. The molecule has 8 nitrogen and oxygen atoms in total. The van der Waals surface area contributed by atoms with Crippen molar-refractivity contribution in [1.82, 2.24) is 0 Å². The van der Waals surface area contributed by atoms with Crippen LogP contribution in [-0.4, -0.2) is 67.3 Å². The Morgan fingerprint density at radius 2 is 1.88 bits per heavy atom. The van der Waals surface area contributed by atoms with E-state index in [1.54, 1.807) is 26.0 Å². The van der Waals surface area contributed by atoms with Crippen LogP contribution in [0.4, 0.5) is 0 Å². The van der Waals surface area contributed by atoms with Crippen molar-refractivity contribution in [2.75, 3.05) is 6.61 Å². The van der Waals surface area contributed by atoms with Gasteiger partial charge in [-0.25, -0.2) is 0 Å². The van der Waals surface area contributed by atoms with E-state index in [2.05, 4.69) is 0 Å². The number of carbonyl (C=O) groups is 2. The molecular weight excluding hydrogens is 416 g/mol. The Morgan fingerprint density at radius 3 is 2.41 bits per heavy atom. The fourth-order valence-corrected chi connectivity index (χ4v) is 7.25. The van der Waals surface area contributed by atoms with Crippen LogP contribution in [0, 0.1) is 29.1 Å². The summed E-state index contributed by atoms with van der Waals surface area (Å²) in [6.07, 6.45) is 2.31. The smallest absolute Gasteiger partial charge is 0.455 e. The van der Waals surface area contributed by atoms with Crippen molar-refractivity contribution in [2.24, 2.45) is 29.1 Å². The number of aliphatic hydroxyl groups excluding tert-OH is 1. The van der Waals surface area contributed by atoms with E-state index < -0.39 is 63.7 Å². The van der Waals surface area contributed by atoms with Gasteiger partial charge in [0.15, 0.2) is 11.9 Å². The molecule has 4 N–H and O–H groups in total. The summed E-state index contributed by atoms with van der Waals surface area (Å²) < 4.78 is 11.7. The maximum Gasteiger partial charge on any atom is 0.480 e. The van der Waals surface area contributed by atoms with Crippen molar-refractivity contribution in [1.29, 1.82) is 0 Å². The van der Waals surface area contributed by atoms with Crippen LogP contribution in [0.2, 0.25) is 0 Å². The number of hydrogen-bond acceptors (Lipinski definition) is 7. The monoisotopic (exact) mass is 449 g/mol. The molecule has 176 valence electrons. The fourth-order valence-electron chi connectivity index (χ4n) is 7.25. The lowest BCUT2D eigenvalue weighted by molar-refractivity contribution is -0.218. The first kappa shape index (κ1) is 23.1. The largest absolute Gasteiger partial charge is 0.480 e. The fraction of sp³-hybridized carbons (Fsp3) is 0.708. The van der Waals surface area contributed by atoms with E-state index in [-0.39, 0.29) is 19.0 Å². The average molecular weight is 450 g/mol. The van der Waals surface area contributed by atoms with Crippen molar-refractivity contribution in [3.63, 3.8) is 0 Å². The lowest BCUT2D eigenvalue weighted by Crippen LogP contribution is -2.66. The van der Waals surface area contributed by atoms with Crippen LogP contribution in [0.3, 0.4) is 0 Å². The predicted molar refractivity (Wildman–Crippen MR) is 114 cm³/mol. The second-order valence-corrected chi connectivity index (χ2v) is 10.6. The topological polar surface area (TPSA) is 135 Å². The van der Waals surface area contributed by atoms with E-state index in [9.17, 15) is 29.7 Å². The van der Waals surface area contributed by atoms with E-state index >= 15 is 0 Å². The molecule has 0 amide bonds. The third-order valence-corrected chi connectivity index (χ3v) is 8.57. The standard InChI is InChI=1S/C24H32O8/c1-11-7-17-22(29,19(11)28)9-15(10-25)8-16-18-21(5,6)24(18,32-14(4)27)20(31-13(3)26)12(2)23(16,17)30/h7-8,12,16-18,20,25,29-30H,9-10H2,1-6H3/p+1/t12-,16+,17-,18-,20-,22-,23-,24-/m1/s1. The highest BCUT2D eigenvalue weighted by Gasteiger charge is 2.91. The van der Waals surface area contributed by atoms with Gasteiger partial charge in [-0.05, 0) is 18.1 Å². The summed E-state index contributed by atoms with van der Waals surface area (Å²) >= 11 is 0. The zero-order valence-corrected chi connectivity index (χ0v) is 19.4. The summed E-state index contributed by atoms with van der Waals surface area (Å²) in [6.45, 7) is 9.45. The highest BCUT2D eigenvalue weighted by atomic mass is 16.6. The normalized spacial score (nSPS) is 46.0. The molecular formula is C24H33O8+. The number of Topliss-reactive ketones (excluding diaryl/α,β-unsaturated/α-hetero) is 1. The zero-order chi connectivity index (χ0) is 24.0. The van der Waals surface area contributed by atoms with Gasteiger partial charge in [0.2, 0.25) is 5.60 Å². The molecule has 0 spiro atoms. The van der Waals surface area contributed by atoms with E-state index in [1.807, 2.05) is 13.8 Å². The Labute approximate surface area is 187 Å². The number of hydrogen-bond donors (Lipinski definition) is 3. The van der Waals surface area contributed by atoms with Gasteiger partial charge in [0.1, 0.15) is 5.60 Å². The number of ether oxygens (including phenoxy) is 2. The van der Waals surface area contributed by atoms with Crippen LogP contribution in [0.1, 0.15) is 48.0 Å². The Bertz CT molecular complexity index is 963. The lowest BCUT2D eigenvalue weighted by atomic mass is 9.59. The summed E-state index contributed by atoms with van der Waals surface area (Å²) in [5.74, 6) is -4.10. The van der Waals surface area contributed by atoms with Gasteiger partial charge in [0, 0.05) is 36.5 Å². The van der Waals surface area contributed by atoms with Crippen molar-refractivity contribution >= 4 is 17.7 Å². The molecule has 8 atom stereocenters. The maximum atomic E-state index is 13.0. The molecule has 0 aromatic rings. The molecule has 0 aliphatic heterocycles. The van der Waals surface area contributed by atoms with E-state index in [1.165, 1.54) is 13.8 Å². The number of rotatable bonds is 3. The minimum absolute atomic E-state index is 0.100. The SMILES string of the molecule is CC(=O)O[C@@H]1[C@@H](C)[C@@]2(O)[C@@H](C=C(CO)C[C@]3(O)C(=O)C(C)=C[C@@H]23)[C@@H]2C(C)(C)[C@]12OC(C)=[OH+]. The zero-order valence-electron chi connectivity index (χ0n) is 19.4. The number of fused-ring (bicyclic) bond motifs is 5. The quantitative estimate of drug-likeness (QED) is 0.333. The highest BCUT2D eigenvalue weighted by molar-refractivity contribution is 6.04. The molecule has 0 radical (unpaired) electrons. The maximum absolute atomic E-state index is 13.0. The Morgan fingerprint density at radius 1 is 1.25 bits per heavy atom. The molecule has 8 heteroatoms. The Kier molecular flexibility index (Phi) is 4.88. The van der Waals surface area contributed by atoms with Gasteiger partial charge in [0.25, 0.3) is 0 Å². The first-order chi connectivity index (χ1) is 14.7. The van der Waals surface area contributed by atoms with Crippen LogP contribution in [0.15, 0.2) is 23.3 Å². The molecule has 4 aliphatic carbocycles. The van der Waals surface area contributed by atoms with Crippen LogP contribution in [0.25, 0.3) is 0 Å². The number of ketones is 1. The van der Waals surface area contributed by atoms with Crippen molar-refractivity contribution in [2.45, 2.75) is 70.9 Å². The summed E-state index contributed by atoms with van der Waals surface area (Å²) in [4.78, 5) is 35.2. The molecule has 2 fully saturated rings. The molecule has 0 aromatic carbocycles. The molecule has 4 aliphatic rings. The van der Waals surface area contributed by atoms with Crippen molar-refractivity contribution < 1.29 is 39.2 Å². The summed E-state index contributed by atoms with van der Waals surface area (Å²) in [5.41, 5.74) is -4.53. The Hall–Kier alpha value is -2.03. The van der Waals surface area contributed by atoms with Gasteiger partial charge in [-0.15, -0.1) is 0 Å². The molecule has 2 saturated carbocycles. The summed E-state index contributed by atoms with van der Waals surface area (Å²) in [5, 5.41) is 34.0. The third-order valence-electron chi connectivity index (χ3n) is 8.57. The van der Waals surface area contributed by atoms with Crippen LogP contribution < -0.4 is 0 Å². The molecule has 4 rings (SSSR count). The first-order valence-electron chi connectivity index (χ1n) is 11.1. The van der Waals surface area contributed by atoms with E-state index in [0.29, 0.717) is 11.1 Å². The summed E-state index contributed by atoms with van der Waals surface area (Å²) in [6, 6.07) is 0. The Balaban J connectivity index is 1.97. The van der Waals surface area contributed by atoms with Crippen molar-refractivity contribution in [3.05, 3.63) is 23.3 Å². The molecule has 0 unspecified atom stereocenters. The molecule has 0 saturated heterocycles. The minimum Gasteiger partial charge on any atom is -0.455 e. The van der Waals surface area contributed by atoms with Crippen LogP contribution in [0.5, 0.6) is 0 Å². The van der Waals surface area contributed by atoms with Crippen molar-refractivity contribution in [3.8, 4) is 0 Å². The molecule has 0 aromatic heterocycles. The van der Waals surface area contributed by atoms with Crippen LogP contribution in [-0.2, 0) is 19.1 Å². The number of carbonyl (C=O) groups excluding carboxylic acids is 3. The van der Waals surface area contributed by atoms with E-state index in [4.69, 9.17) is 9.47 Å². The predicted octanol–water partition coefficient (Wildman–Crippen LogP) is 1.05. The molecule has 0 heterocycles. The van der Waals surface area contributed by atoms with Crippen LogP contribution >= 0.6 is 0 Å². The number of aliphatic hydroxyl groups is 3. The van der Waals surface area contributed by atoms with Gasteiger partial charge in [0.05, 0.1) is 25.0 Å². The second-order valence-electron chi connectivity index (χ2n) is 10.6. The molecule has 0 bridgehead atoms. The average Bonchev–Trinajstić information content (AvgIpc) is 3.10. The number of esters is 2. The minimum atomic E-state index is -1.91. The van der Waals surface area contributed by atoms with Gasteiger partial charge >= 0.3 is 11.9 Å². The lowest BCUT2D eigenvalue weighted by Gasteiger charge is -2.51. The first-order valence-corrected chi connectivity index (χ1v) is 11.1. The van der Waals surface area contributed by atoms with Gasteiger partial charge < -0.3 is 29.6 Å². The molecule has 32 heavy (non-hydrogen) atoms. The highest BCUT2D eigenvalue weighted by Crippen LogP contribution is 2.77. The van der Waals surface area contributed by atoms with Gasteiger partial charge in [-0.3, -0.25) is 9.59 Å². The van der Waals surface area contributed by atoms with Gasteiger partial charge in [-0.1, -0.05) is 32.9 Å². The van der Waals surface area contributed by atoms with E-state index in [0.717, 1.165) is 0 Å². The second kappa shape index (κ2) is 6.74.